The van der Waals surface area contributed by atoms with E-state index in [0.717, 1.165) is 32.7 Å². The summed E-state index contributed by atoms with van der Waals surface area (Å²) < 4.78 is 5.53. The second-order valence-electron chi connectivity index (χ2n) is 5.17. The molecule has 0 unspecified atom stereocenters. The van der Waals surface area contributed by atoms with Gasteiger partial charge in [0.25, 0.3) is 0 Å². The van der Waals surface area contributed by atoms with Crippen LogP contribution in [0.2, 0.25) is 5.02 Å². The van der Waals surface area contributed by atoms with Crippen LogP contribution in [0.15, 0.2) is 16.7 Å². The average Bonchev–Trinajstić information content (AvgIpc) is 2.68. The summed E-state index contributed by atoms with van der Waals surface area (Å²) in [7, 11) is 0. The second-order valence-corrected chi connectivity index (χ2v) is 5.54. The number of rotatable bonds is 3. The molecule has 1 aromatic heterocycles. The standard InChI is InChI=1S/C15H18ClNO2/c1-8(2)17-13(18)6-11-7-19-12-5-9(3)15(16)10(4)14(11)12/h5,7-8H,6H2,1-4H3,(H,17,18). The molecule has 0 bridgehead atoms. The van der Waals surface area contributed by atoms with E-state index >= 15 is 0 Å². The third kappa shape index (κ3) is 2.76. The molecular formula is C15H18ClNO2. The molecule has 1 aromatic carbocycles. The van der Waals surface area contributed by atoms with Crippen LogP contribution in [0.5, 0.6) is 0 Å². The second kappa shape index (κ2) is 5.25. The smallest absolute Gasteiger partial charge is 0.224 e. The van der Waals surface area contributed by atoms with E-state index in [0.29, 0.717) is 6.42 Å². The van der Waals surface area contributed by atoms with Crippen molar-refractivity contribution >= 4 is 28.5 Å². The van der Waals surface area contributed by atoms with Crippen molar-refractivity contribution in [3.8, 4) is 0 Å². The lowest BCUT2D eigenvalue weighted by Gasteiger charge is -2.08. The number of amides is 1. The Morgan fingerprint density at radius 1 is 1.42 bits per heavy atom. The van der Waals surface area contributed by atoms with Crippen LogP contribution in [0.3, 0.4) is 0 Å². The first kappa shape index (κ1) is 13.9. The normalized spacial score (nSPS) is 11.3. The molecule has 3 nitrogen and oxygen atoms in total. The Morgan fingerprint density at radius 2 is 2.11 bits per heavy atom. The van der Waals surface area contributed by atoms with E-state index in [1.807, 2.05) is 33.8 Å². The fraction of sp³-hybridized carbons (Fsp3) is 0.400. The van der Waals surface area contributed by atoms with Crippen LogP contribution >= 0.6 is 11.6 Å². The molecule has 102 valence electrons. The fourth-order valence-corrected chi connectivity index (χ4v) is 2.43. The Hall–Kier alpha value is -1.48. The maximum Gasteiger partial charge on any atom is 0.224 e. The monoisotopic (exact) mass is 279 g/mol. The maximum atomic E-state index is 11.8. The van der Waals surface area contributed by atoms with E-state index in [1.165, 1.54) is 0 Å². The molecule has 1 amide bonds. The van der Waals surface area contributed by atoms with Crippen molar-refractivity contribution in [2.45, 2.75) is 40.2 Å². The van der Waals surface area contributed by atoms with Crippen molar-refractivity contribution < 1.29 is 9.21 Å². The van der Waals surface area contributed by atoms with E-state index in [-0.39, 0.29) is 11.9 Å². The topological polar surface area (TPSA) is 42.2 Å². The fourth-order valence-electron chi connectivity index (χ4n) is 2.28. The number of carbonyl (C=O) groups excluding carboxylic acids is 1. The summed E-state index contributed by atoms with van der Waals surface area (Å²) in [6, 6.07) is 2.05. The minimum absolute atomic E-state index is 0.00574. The number of hydrogen-bond acceptors (Lipinski definition) is 2. The molecule has 0 aliphatic carbocycles. The van der Waals surface area contributed by atoms with Crippen LogP contribution in [0.25, 0.3) is 11.0 Å². The summed E-state index contributed by atoms with van der Waals surface area (Å²) in [5.41, 5.74) is 3.62. The van der Waals surface area contributed by atoms with Crippen molar-refractivity contribution in [2.24, 2.45) is 0 Å². The maximum absolute atomic E-state index is 11.8. The van der Waals surface area contributed by atoms with Crippen molar-refractivity contribution in [3.05, 3.63) is 34.0 Å². The number of fused-ring (bicyclic) bond motifs is 1. The lowest BCUT2D eigenvalue weighted by Crippen LogP contribution is -2.31. The molecule has 0 fully saturated rings. The zero-order valence-electron chi connectivity index (χ0n) is 11.6. The number of furan rings is 1. The zero-order chi connectivity index (χ0) is 14.2. The Balaban J connectivity index is 2.40. The van der Waals surface area contributed by atoms with Gasteiger partial charge in [0.1, 0.15) is 5.58 Å². The number of hydrogen-bond donors (Lipinski definition) is 1. The number of carbonyl (C=O) groups is 1. The molecule has 0 aliphatic heterocycles. The lowest BCUT2D eigenvalue weighted by molar-refractivity contribution is -0.120. The van der Waals surface area contributed by atoms with Gasteiger partial charge in [0, 0.05) is 22.0 Å². The number of benzene rings is 1. The van der Waals surface area contributed by atoms with Crippen LogP contribution < -0.4 is 5.32 Å². The Labute approximate surface area is 117 Å². The van der Waals surface area contributed by atoms with E-state index in [9.17, 15) is 4.79 Å². The minimum atomic E-state index is -0.00574. The molecule has 1 N–H and O–H groups in total. The highest BCUT2D eigenvalue weighted by Crippen LogP contribution is 2.32. The van der Waals surface area contributed by atoms with E-state index in [2.05, 4.69) is 5.32 Å². The first-order valence-electron chi connectivity index (χ1n) is 6.35. The molecule has 0 saturated heterocycles. The molecule has 2 rings (SSSR count). The molecule has 2 aromatic rings. The molecular weight excluding hydrogens is 262 g/mol. The number of nitrogens with one attached hydrogen (secondary N) is 1. The molecule has 0 atom stereocenters. The molecule has 0 spiro atoms. The van der Waals surface area contributed by atoms with Gasteiger partial charge in [-0.05, 0) is 44.9 Å². The predicted molar refractivity (Wildman–Crippen MR) is 77.7 cm³/mol. The third-order valence-electron chi connectivity index (χ3n) is 3.09. The Bertz CT molecular complexity index is 629. The van der Waals surface area contributed by atoms with Crippen molar-refractivity contribution in [1.82, 2.24) is 5.32 Å². The first-order chi connectivity index (χ1) is 8.90. The van der Waals surface area contributed by atoms with E-state index in [4.69, 9.17) is 16.0 Å². The first-order valence-corrected chi connectivity index (χ1v) is 6.73. The number of aryl methyl sites for hydroxylation is 2. The summed E-state index contributed by atoms with van der Waals surface area (Å²) in [5.74, 6) is -0.00574. The molecule has 19 heavy (non-hydrogen) atoms. The van der Waals surface area contributed by atoms with Crippen LogP contribution in [0.1, 0.15) is 30.5 Å². The highest BCUT2D eigenvalue weighted by atomic mass is 35.5. The third-order valence-corrected chi connectivity index (χ3v) is 3.68. The van der Waals surface area contributed by atoms with Crippen LogP contribution in [0.4, 0.5) is 0 Å². The Kier molecular flexibility index (Phi) is 3.85. The van der Waals surface area contributed by atoms with Gasteiger partial charge in [-0.1, -0.05) is 11.6 Å². The van der Waals surface area contributed by atoms with Gasteiger partial charge < -0.3 is 9.73 Å². The Morgan fingerprint density at radius 3 is 2.74 bits per heavy atom. The summed E-state index contributed by atoms with van der Waals surface area (Å²) >= 11 is 6.26. The average molecular weight is 280 g/mol. The number of halogens is 1. The summed E-state index contributed by atoms with van der Waals surface area (Å²) in [4.78, 5) is 11.8. The van der Waals surface area contributed by atoms with Crippen LogP contribution in [-0.4, -0.2) is 11.9 Å². The van der Waals surface area contributed by atoms with Crippen LogP contribution in [0, 0.1) is 13.8 Å². The van der Waals surface area contributed by atoms with Crippen LogP contribution in [-0.2, 0) is 11.2 Å². The highest BCUT2D eigenvalue weighted by molar-refractivity contribution is 6.33. The van der Waals surface area contributed by atoms with Gasteiger partial charge >= 0.3 is 0 Å². The predicted octanol–water partition coefficient (Wildman–Crippen LogP) is 3.77. The largest absolute Gasteiger partial charge is 0.464 e. The van der Waals surface area contributed by atoms with Gasteiger partial charge in [-0.3, -0.25) is 4.79 Å². The summed E-state index contributed by atoms with van der Waals surface area (Å²) in [6.07, 6.45) is 1.96. The SMILES string of the molecule is Cc1cc2occ(CC(=O)NC(C)C)c2c(C)c1Cl. The lowest BCUT2D eigenvalue weighted by atomic mass is 10.0. The molecule has 0 radical (unpaired) electrons. The van der Waals surface area contributed by atoms with Gasteiger partial charge in [-0.2, -0.15) is 0 Å². The quantitative estimate of drug-likeness (QED) is 0.929. The van der Waals surface area contributed by atoms with Gasteiger partial charge in [-0.25, -0.2) is 0 Å². The molecule has 1 heterocycles. The van der Waals surface area contributed by atoms with Crippen molar-refractivity contribution in [2.75, 3.05) is 0 Å². The molecule has 0 aliphatic rings. The van der Waals surface area contributed by atoms with Gasteiger partial charge in [-0.15, -0.1) is 0 Å². The molecule has 4 heteroatoms. The summed E-state index contributed by atoms with van der Waals surface area (Å²) in [5, 5.41) is 4.57. The van der Waals surface area contributed by atoms with Gasteiger partial charge in [0.15, 0.2) is 0 Å². The zero-order valence-corrected chi connectivity index (χ0v) is 12.4. The van der Waals surface area contributed by atoms with Gasteiger partial charge in [0.05, 0.1) is 12.7 Å². The van der Waals surface area contributed by atoms with Crippen molar-refractivity contribution in [1.29, 1.82) is 0 Å². The van der Waals surface area contributed by atoms with Gasteiger partial charge in [0.2, 0.25) is 5.91 Å². The highest BCUT2D eigenvalue weighted by Gasteiger charge is 2.15. The molecule has 0 saturated carbocycles. The van der Waals surface area contributed by atoms with E-state index in [1.54, 1.807) is 6.26 Å². The van der Waals surface area contributed by atoms with Crippen molar-refractivity contribution in [3.63, 3.8) is 0 Å². The van der Waals surface area contributed by atoms with E-state index < -0.39 is 0 Å². The minimum Gasteiger partial charge on any atom is -0.464 e. The summed E-state index contributed by atoms with van der Waals surface area (Å²) in [6.45, 7) is 7.78.